The summed E-state index contributed by atoms with van der Waals surface area (Å²) in [4.78, 5) is 60.3. The van der Waals surface area contributed by atoms with Crippen molar-refractivity contribution in [1.29, 1.82) is 0 Å². The van der Waals surface area contributed by atoms with Crippen LogP contribution in [-0.4, -0.2) is 64.0 Å². The SMILES string of the molecule is CCC(C)C(N)C(=O)NC(C(=O)NC(C(=O)NC(CC(=O)O)C(=O)O)C(C)C)C(C)CC. The number of aliphatic carboxylic acids is 2. The summed E-state index contributed by atoms with van der Waals surface area (Å²) in [5, 5.41) is 25.4. The summed E-state index contributed by atoms with van der Waals surface area (Å²) in [5.41, 5.74) is 5.97. The molecule has 11 nitrogen and oxygen atoms in total. The van der Waals surface area contributed by atoms with Crippen LogP contribution in [0.2, 0.25) is 0 Å². The molecule has 0 rings (SSSR count). The molecule has 32 heavy (non-hydrogen) atoms. The van der Waals surface area contributed by atoms with Crippen LogP contribution < -0.4 is 21.7 Å². The minimum absolute atomic E-state index is 0.0907. The average Bonchev–Trinajstić information content (AvgIpc) is 2.72. The van der Waals surface area contributed by atoms with Crippen molar-refractivity contribution in [2.75, 3.05) is 0 Å². The van der Waals surface area contributed by atoms with Gasteiger partial charge in [0.25, 0.3) is 0 Å². The number of nitrogens with one attached hydrogen (secondary N) is 3. The normalized spacial score (nSPS) is 16.8. The third-order valence-electron chi connectivity index (χ3n) is 5.59. The zero-order valence-electron chi connectivity index (χ0n) is 19.7. The molecule has 0 heterocycles. The van der Waals surface area contributed by atoms with E-state index >= 15 is 0 Å². The van der Waals surface area contributed by atoms with Gasteiger partial charge in [-0.3, -0.25) is 19.2 Å². The first-order valence-corrected chi connectivity index (χ1v) is 10.9. The first-order valence-electron chi connectivity index (χ1n) is 10.9. The second kappa shape index (κ2) is 13.7. The zero-order chi connectivity index (χ0) is 25.2. The second-order valence-corrected chi connectivity index (χ2v) is 8.51. The van der Waals surface area contributed by atoms with Crippen molar-refractivity contribution in [3.05, 3.63) is 0 Å². The molecule has 0 aliphatic carbocycles. The highest BCUT2D eigenvalue weighted by atomic mass is 16.4. The molecule has 0 fully saturated rings. The average molecular weight is 459 g/mol. The Kier molecular flexibility index (Phi) is 12.5. The predicted octanol–water partition coefficient (Wildman–Crippen LogP) is 0.0756. The summed E-state index contributed by atoms with van der Waals surface area (Å²) in [6.07, 6.45) is 0.444. The van der Waals surface area contributed by atoms with Crippen LogP contribution in [0.3, 0.4) is 0 Å². The third-order valence-corrected chi connectivity index (χ3v) is 5.59. The molecule has 0 aromatic rings. The van der Waals surface area contributed by atoms with Crippen molar-refractivity contribution in [2.45, 2.75) is 85.0 Å². The van der Waals surface area contributed by atoms with Gasteiger partial charge in [-0.1, -0.05) is 54.4 Å². The molecule has 0 saturated heterocycles. The number of hydrogen-bond acceptors (Lipinski definition) is 6. The molecule has 0 saturated carbocycles. The Hall–Kier alpha value is -2.69. The number of carboxylic acid groups (broad SMARTS) is 2. The molecule has 0 aliphatic rings. The van der Waals surface area contributed by atoms with Gasteiger partial charge in [0.05, 0.1) is 12.5 Å². The summed E-state index contributed by atoms with van der Waals surface area (Å²) in [6, 6.07) is -4.52. The molecular weight excluding hydrogens is 420 g/mol. The number of amides is 3. The van der Waals surface area contributed by atoms with E-state index in [-0.39, 0.29) is 11.8 Å². The van der Waals surface area contributed by atoms with Gasteiger partial charge in [0, 0.05) is 0 Å². The molecule has 0 spiro atoms. The van der Waals surface area contributed by atoms with E-state index in [1.165, 1.54) is 0 Å². The molecule has 0 aromatic heterocycles. The van der Waals surface area contributed by atoms with Crippen LogP contribution >= 0.6 is 0 Å². The van der Waals surface area contributed by atoms with Gasteiger partial charge < -0.3 is 31.9 Å². The molecule has 0 aliphatic heterocycles. The van der Waals surface area contributed by atoms with Crippen molar-refractivity contribution >= 4 is 29.7 Å². The Labute approximate surface area is 188 Å². The first kappa shape index (κ1) is 29.3. The fraction of sp³-hybridized carbons (Fsp3) is 0.762. The lowest BCUT2D eigenvalue weighted by Crippen LogP contribution is -2.60. The first-order chi connectivity index (χ1) is 14.8. The minimum Gasteiger partial charge on any atom is -0.481 e. The van der Waals surface area contributed by atoms with Gasteiger partial charge in [-0.15, -0.1) is 0 Å². The number of nitrogens with two attached hydrogens (primary N) is 1. The van der Waals surface area contributed by atoms with Gasteiger partial charge in [0.15, 0.2) is 0 Å². The van der Waals surface area contributed by atoms with E-state index in [4.69, 9.17) is 15.9 Å². The van der Waals surface area contributed by atoms with Crippen LogP contribution in [0.25, 0.3) is 0 Å². The third kappa shape index (κ3) is 9.21. The molecule has 0 aromatic carbocycles. The fourth-order valence-electron chi connectivity index (χ4n) is 2.88. The van der Waals surface area contributed by atoms with Crippen molar-refractivity contribution in [3.63, 3.8) is 0 Å². The fourth-order valence-corrected chi connectivity index (χ4v) is 2.88. The Bertz CT molecular complexity index is 683. The molecule has 7 N–H and O–H groups in total. The highest BCUT2D eigenvalue weighted by Crippen LogP contribution is 2.12. The highest BCUT2D eigenvalue weighted by molar-refractivity contribution is 5.94. The lowest BCUT2D eigenvalue weighted by Gasteiger charge is -2.29. The Morgan fingerprint density at radius 1 is 0.750 bits per heavy atom. The van der Waals surface area contributed by atoms with E-state index in [2.05, 4.69) is 16.0 Å². The van der Waals surface area contributed by atoms with Crippen LogP contribution in [-0.2, 0) is 24.0 Å². The summed E-state index contributed by atoms with van der Waals surface area (Å²) in [7, 11) is 0. The van der Waals surface area contributed by atoms with Crippen LogP contribution in [0.5, 0.6) is 0 Å². The van der Waals surface area contributed by atoms with E-state index in [0.29, 0.717) is 12.8 Å². The summed E-state index contributed by atoms with van der Waals surface area (Å²) in [5.74, 6) is -5.59. The van der Waals surface area contributed by atoms with Gasteiger partial charge in [-0.25, -0.2) is 4.79 Å². The topological polar surface area (TPSA) is 188 Å². The van der Waals surface area contributed by atoms with Gasteiger partial charge in [-0.05, 0) is 17.8 Å². The lowest BCUT2D eigenvalue weighted by atomic mass is 9.94. The van der Waals surface area contributed by atoms with E-state index < -0.39 is 66.2 Å². The van der Waals surface area contributed by atoms with Crippen molar-refractivity contribution < 1.29 is 34.2 Å². The molecule has 6 atom stereocenters. The summed E-state index contributed by atoms with van der Waals surface area (Å²) < 4.78 is 0. The van der Waals surface area contributed by atoms with Gasteiger partial charge in [-0.2, -0.15) is 0 Å². The molecule has 6 unspecified atom stereocenters. The van der Waals surface area contributed by atoms with Gasteiger partial charge >= 0.3 is 11.9 Å². The lowest BCUT2D eigenvalue weighted by molar-refractivity contribution is -0.147. The van der Waals surface area contributed by atoms with Crippen LogP contribution in [0.15, 0.2) is 0 Å². The zero-order valence-corrected chi connectivity index (χ0v) is 19.7. The standard InChI is InChI=1S/C21H38N4O7/c1-7-11(5)15(22)18(28)25-17(12(6)8-2)20(30)24-16(10(3)4)19(29)23-13(21(31)32)9-14(26)27/h10-13,15-17H,7-9,22H2,1-6H3,(H,23,29)(H,24,30)(H,25,28)(H,26,27)(H,31,32). The monoisotopic (exact) mass is 458 g/mol. The highest BCUT2D eigenvalue weighted by Gasteiger charge is 2.34. The molecule has 0 bridgehead atoms. The molecular formula is C21H38N4O7. The Morgan fingerprint density at radius 3 is 1.62 bits per heavy atom. The van der Waals surface area contributed by atoms with Crippen LogP contribution in [0, 0.1) is 17.8 Å². The minimum atomic E-state index is -1.64. The van der Waals surface area contributed by atoms with Crippen LogP contribution in [0.1, 0.15) is 60.8 Å². The number of carboxylic acids is 2. The van der Waals surface area contributed by atoms with Crippen molar-refractivity contribution in [3.8, 4) is 0 Å². The maximum absolute atomic E-state index is 13.0. The summed E-state index contributed by atoms with van der Waals surface area (Å²) >= 11 is 0. The molecule has 11 heteroatoms. The summed E-state index contributed by atoms with van der Waals surface area (Å²) in [6.45, 7) is 10.6. The smallest absolute Gasteiger partial charge is 0.326 e. The number of hydrogen-bond donors (Lipinski definition) is 6. The second-order valence-electron chi connectivity index (χ2n) is 8.51. The van der Waals surface area contributed by atoms with Crippen molar-refractivity contribution in [1.82, 2.24) is 16.0 Å². The molecule has 184 valence electrons. The Balaban J connectivity index is 5.53. The molecule has 0 radical (unpaired) electrons. The van der Waals surface area contributed by atoms with Crippen molar-refractivity contribution in [2.24, 2.45) is 23.5 Å². The van der Waals surface area contributed by atoms with E-state index in [1.807, 2.05) is 20.8 Å². The van der Waals surface area contributed by atoms with Gasteiger partial charge in [0.1, 0.15) is 18.1 Å². The number of rotatable bonds is 14. The predicted molar refractivity (Wildman–Crippen MR) is 117 cm³/mol. The number of carbonyl (C=O) groups excluding carboxylic acids is 3. The van der Waals surface area contributed by atoms with Gasteiger partial charge in [0.2, 0.25) is 17.7 Å². The quantitative estimate of drug-likeness (QED) is 0.211. The van der Waals surface area contributed by atoms with E-state index in [0.717, 1.165) is 0 Å². The maximum Gasteiger partial charge on any atom is 0.326 e. The maximum atomic E-state index is 13.0. The van der Waals surface area contributed by atoms with Crippen LogP contribution in [0.4, 0.5) is 0 Å². The number of carbonyl (C=O) groups is 5. The van der Waals surface area contributed by atoms with E-state index in [9.17, 15) is 24.0 Å². The Morgan fingerprint density at radius 2 is 1.22 bits per heavy atom. The largest absolute Gasteiger partial charge is 0.481 e. The van der Waals surface area contributed by atoms with E-state index in [1.54, 1.807) is 20.8 Å². The molecule has 3 amide bonds.